The van der Waals surface area contributed by atoms with E-state index in [9.17, 15) is 0 Å². The van der Waals surface area contributed by atoms with Gasteiger partial charge in [-0.05, 0) is 25.5 Å². The summed E-state index contributed by atoms with van der Waals surface area (Å²) >= 11 is 0. The van der Waals surface area contributed by atoms with Crippen molar-refractivity contribution in [2.45, 2.75) is 26.7 Å². The Balaban J connectivity index is 1.67. The molecule has 0 aliphatic carbocycles. The van der Waals surface area contributed by atoms with Crippen LogP contribution >= 0.6 is 0 Å². The second-order valence-corrected chi connectivity index (χ2v) is 6.72. The van der Waals surface area contributed by atoms with Gasteiger partial charge in [0, 0.05) is 51.5 Å². The van der Waals surface area contributed by atoms with Crippen LogP contribution in [0.25, 0.3) is 0 Å². The van der Waals surface area contributed by atoms with Gasteiger partial charge in [0.1, 0.15) is 17.5 Å². The summed E-state index contributed by atoms with van der Waals surface area (Å²) in [7, 11) is 2.12. The van der Waals surface area contributed by atoms with Crippen molar-refractivity contribution in [2.24, 2.45) is 0 Å². The van der Waals surface area contributed by atoms with Crippen LogP contribution in [0, 0.1) is 6.92 Å². The Morgan fingerprint density at radius 1 is 1.00 bits per heavy atom. The normalized spacial score (nSPS) is 14.7. The number of rotatable bonds is 6. The van der Waals surface area contributed by atoms with Gasteiger partial charge in [-0.25, -0.2) is 9.97 Å². The van der Waals surface area contributed by atoms with Gasteiger partial charge in [-0.1, -0.05) is 31.5 Å². The van der Waals surface area contributed by atoms with Gasteiger partial charge in [-0.3, -0.25) is 0 Å². The average molecular weight is 339 g/mol. The topological polar surface area (TPSA) is 35.5 Å². The van der Waals surface area contributed by atoms with E-state index in [0.717, 1.165) is 50.2 Å². The highest BCUT2D eigenvalue weighted by atomic mass is 15.3. The number of hydrogen-bond acceptors (Lipinski definition) is 5. The molecule has 3 rings (SSSR count). The minimum Gasteiger partial charge on any atom is -0.368 e. The summed E-state index contributed by atoms with van der Waals surface area (Å²) in [4.78, 5) is 16.4. The van der Waals surface area contributed by atoms with E-state index in [-0.39, 0.29) is 0 Å². The van der Waals surface area contributed by atoms with Crippen LogP contribution < -0.4 is 14.7 Å². The van der Waals surface area contributed by atoms with E-state index in [1.54, 1.807) is 0 Å². The molecule has 0 amide bonds. The quantitative estimate of drug-likeness (QED) is 0.806. The fourth-order valence-corrected chi connectivity index (χ4v) is 3.24. The molecule has 1 fully saturated rings. The van der Waals surface area contributed by atoms with E-state index in [0.29, 0.717) is 0 Å². The van der Waals surface area contributed by atoms with Crippen molar-refractivity contribution in [2.75, 3.05) is 54.5 Å². The molecule has 0 radical (unpaired) electrons. The maximum Gasteiger partial charge on any atom is 0.134 e. The smallest absolute Gasteiger partial charge is 0.134 e. The molecule has 0 spiro atoms. The zero-order valence-corrected chi connectivity index (χ0v) is 15.6. The average Bonchev–Trinajstić information content (AvgIpc) is 2.66. The minimum absolute atomic E-state index is 0.848. The Kier molecular flexibility index (Phi) is 5.74. The highest BCUT2D eigenvalue weighted by molar-refractivity contribution is 5.53. The molecule has 0 saturated carbocycles. The van der Waals surface area contributed by atoms with Crippen LogP contribution in [0.15, 0.2) is 36.4 Å². The molecule has 1 aromatic heterocycles. The monoisotopic (exact) mass is 339 g/mol. The van der Waals surface area contributed by atoms with Gasteiger partial charge in [0.2, 0.25) is 0 Å². The number of unbranched alkanes of at least 4 members (excludes halogenated alkanes) is 1. The molecule has 2 heterocycles. The minimum atomic E-state index is 0.848. The summed E-state index contributed by atoms with van der Waals surface area (Å²) in [6, 6.07) is 12.8. The first-order valence-electron chi connectivity index (χ1n) is 9.29. The third-order valence-corrected chi connectivity index (χ3v) is 4.77. The molecule has 2 aromatic rings. The lowest BCUT2D eigenvalue weighted by molar-refractivity contribution is 0.645. The first-order chi connectivity index (χ1) is 12.2. The summed E-state index contributed by atoms with van der Waals surface area (Å²) in [5.41, 5.74) is 1.31. The zero-order valence-electron chi connectivity index (χ0n) is 15.6. The Bertz CT molecular complexity index is 665. The third-order valence-electron chi connectivity index (χ3n) is 4.77. The van der Waals surface area contributed by atoms with Gasteiger partial charge < -0.3 is 14.7 Å². The maximum absolute atomic E-state index is 4.69. The van der Waals surface area contributed by atoms with E-state index in [1.807, 2.05) is 6.92 Å². The van der Waals surface area contributed by atoms with Crippen LogP contribution in [-0.4, -0.2) is 49.7 Å². The van der Waals surface area contributed by atoms with Crippen molar-refractivity contribution >= 4 is 17.3 Å². The van der Waals surface area contributed by atoms with Crippen molar-refractivity contribution in [3.05, 3.63) is 42.2 Å². The predicted octanol–water partition coefficient (Wildman–Crippen LogP) is 3.35. The molecule has 0 N–H and O–H groups in total. The van der Waals surface area contributed by atoms with E-state index >= 15 is 0 Å². The number of aromatic nitrogens is 2. The van der Waals surface area contributed by atoms with E-state index in [2.05, 4.69) is 75.0 Å². The lowest BCUT2D eigenvalue weighted by atomic mass is 10.2. The van der Waals surface area contributed by atoms with Crippen LogP contribution in [0.1, 0.15) is 25.6 Å². The zero-order chi connectivity index (χ0) is 17.6. The molecular weight excluding hydrogens is 310 g/mol. The molecule has 1 aliphatic rings. The predicted molar refractivity (Wildman–Crippen MR) is 106 cm³/mol. The molecule has 0 bridgehead atoms. The van der Waals surface area contributed by atoms with Crippen molar-refractivity contribution in [3.8, 4) is 0 Å². The SMILES string of the molecule is CCCCN(C)c1cc(N2CCN(c3ccccc3)CC2)nc(C)n1. The molecule has 5 nitrogen and oxygen atoms in total. The highest BCUT2D eigenvalue weighted by Gasteiger charge is 2.19. The Morgan fingerprint density at radius 2 is 1.68 bits per heavy atom. The number of piperazine rings is 1. The molecular formula is C20H29N5. The molecule has 1 aromatic carbocycles. The Morgan fingerprint density at radius 3 is 2.36 bits per heavy atom. The second-order valence-electron chi connectivity index (χ2n) is 6.72. The summed E-state index contributed by atoms with van der Waals surface area (Å²) in [5.74, 6) is 2.93. The largest absolute Gasteiger partial charge is 0.368 e. The molecule has 1 aliphatic heterocycles. The van der Waals surface area contributed by atoms with Gasteiger partial charge in [-0.2, -0.15) is 0 Å². The number of benzene rings is 1. The van der Waals surface area contributed by atoms with Gasteiger partial charge in [0.05, 0.1) is 0 Å². The van der Waals surface area contributed by atoms with Gasteiger partial charge in [0.25, 0.3) is 0 Å². The molecule has 0 atom stereocenters. The fourth-order valence-electron chi connectivity index (χ4n) is 3.24. The number of aryl methyl sites for hydroxylation is 1. The molecule has 1 saturated heterocycles. The highest BCUT2D eigenvalue weighted by Crippen LogP contribution is 2.22. The third kappa shape index (κ3) is 4.41. The fraction of sp³-hybridized carbons (Fsp3) is 0.500. The Labute approximate surface area is 151 Å². The lowest BCUT2D eigenvalue weighted by Crippen LogP contribution is -2.47. The van der Waals surface area contributed by atoms with Crippen molar-refractivity contribution in [3.63, 3.8) is 0 Å². The Hall–Kier alpha value is -2.30. The molecule has 134 valence electrons. The summed E-state index contributed by atoms with van der Waals surface area (Å²) < 4.78 is 0. The van der Waals surface area contributed by atoms with Gasteiger partial charge >= 0.3 is 0 Å². The summed E-state index contributed by atoms with van der Waals surface area (Å²) in [6.07, 6.45) is 2.38. The molecule has 5 heteroatoms. The number of anilines is 3. The van der Waals surface area contributed by atoms with Crippen LogP contribution in [-0.2, 0) is 0 Å². The van der Waals surface area contributed by atoms with Crippen molar-refractivity contribution in [1.29, 1.82) is 0 Å². The first kappa shape index (κ1) is 17.5. The number of nitrogens with zero attached hydrogens (tertiary/aromatic N) is 5. The van der Waals surface area contributed by atoms with E-state index in [4.69, 9.17) is 0 Å². The number of para-hydroxylation sites is 1. The second kappa shape index (κ2) is 8.19. The summed E-state index contributed by atoms with van der Waals surface area (Å²) in [6.45, 7) is 9.26. The maximum atomic E-state index is 4.69. The number of hydrogen-bond donors (Lipinski definition) is 0. The molecule has 25 heavy (non-hydrogen) atoms. The lowest BCUT2D eigenvalue weighted by Gasteiger charge is -2.37. The standard InChI is InChI=1S/C20H29N5/c1-4-5-11-23(3)19-16-20(22-17(2)21-19)25-14-12-24(13-15-25)18-9-7-6-8-10-18/h6-10,16H,4-5,11-15H2,1-3H3. The van der Waals surface area contributed by atoms with Gasteiger partial charge in [0.15, 0.2) is 0 Å². The first-order valence-corrected chi connectivity index (χ1v) is 9.29. The van der Waals surface area contributed by atoms with Crippen LogP contribution in [0.5, 0.6) is 0 Å². The van der Waals surface area contributed by atoms with Crippen LogP contribution in [0.3, 0.4) is 0 Å². The van der Waals surface area contributed by atoms with E-state index in [1.165, 1.54) is 18.5 Å². The van der Waals surface area contributed by atoms with Crippen LogP contribution in [0.2, 0.25) is 0 Å². The summed E-state index contributed by atoms with van der Waals surface area (Å²) in [5, 5.41) is 0. The van der Waals surface area contributed by atoms with Gasteiger partial charge in [-0.15, -0.1) is 0 Å². The van der Waals surface area contributed by atoms with E-state index < -0.39 is 0 Å². The van der Waals surface area contributed by atoms with Crippen molar-refractivity contribution < 1.29 is 0 Å². The van der Waals surface area contributed by atoms with Crippen molar-refractivity contribution in [1.82, 2.24) is 9.97 Å². The van der Waals surface area contributed by atoms with Crippen LogP contribution in [0.4, 0.5) is 17.3 Å². The molecule has 0 unspecified atom stereocenters.